The lowest BCUT2D eigenvalue weighted by Crippen LogP contribution is -2.27. The standard InChI is InChI=1S/C18H22N2O4/c1-18(2)14(15(18)17(23)24)16(22)20-12-6-4-3-5-10(12)9-13(21)19-11-7-8-11/h3-6,11,14-15H,7-9H2,1-2H3,(H,19,21)(H,20,22)(H,23,24)/t14-,15-/m1/s1. The van der Waals surface area contributed by atoms with Crippen LogP contribution >= 0.6 is 0 Å². The molecule has 3 N–H and O–H groups in total. The zero-order valence-corrected chi connectivity index (χ0v) is 13.8. The average molecular weight is 330 g/mol. The summed E-state index contributed by atoms with van der Waals surface area (Å²) in [6.07, 6.45) is 2.25. The van der Waals surface area contributed by atoms with Crippen LogP contribution in [-0.4, -0.2) is 28.9 Å². The molecule has 6 heteroatoms. The summed E-state index contributed by atoms with van der Waals surface area (Å²) < 4.78 is 0. The number of anilines is 1. The molecule has 128 valence electrons. The molecule has 0 heterocycles. The van der Waals surface area contributed by atoms with E-state index in [1.165, 1.54) is 0 Å². The second-order valence-electron chi connectivity index (χ2n) is 7.28. The van der Waals surface area contributed by atoms with Crippen LogP contribution in [0, 0.1) is 17.3 Å². The van der Waals surface area contributed by atoms with Crippen LogP contribution in [0.2, 0.25) is 0 Å². The smallest absolute Gasteiger partial charge is 0.307 e. The highest BCUT2D eigenvalue weighted by atomic mass is 16.4. The predicted molar refractivity (Wildman–Crippen MR) is 88.3 cm³/mol. The number of carboxylic acid groups (broad SMARTS) is 1. The van der Waals surface area contributed by atoms with E-state index in [1.54, 1.807) is 32.0 Å². The number of amides is 2. The quantitative estimate of drug-likeness (QED) is 0.741. The van der Waals surface area contributed by atoms with Gasteiger partial charge >= 0.3 is 5.97 Å². The predicted octanol–water partition coefficient (Wildman–Crippen LogP) is 1.80. The lowest BCUT2D eigenvalue weighted by Gasteiger charge is -2.12. The molecule has 0 unspecified atom stereocenters. The van der Waals surface area contributed by atoms with Gasteiger partial charge in [-0.3, -0.25) is 14.4 Å². The maximum absolute atomic E-state index is 12.5. The van der Waals surface area contributed by atoms with Gasteiger partial charge in [0.15, 0.2) is 0 Å². The van der Waals surface area contributed by atoms with Crippen LogP contribution in [0.1, 0.15) is 32.3 Å². The summed E-state index contributed by atoms with van der Waals surface area (Å²) >= 11 is 0. The lowest BCUT2D eigenvalue weighted by atomic mass is 10.1. The molecule has 2 fully saturated rings. The topological polar surface area (TPSA) is 95.5 Å². The highest BCUT2D eigenvalue weighted by molar-refractivity contribution is 6.00. The molecule has 2 amide bonds. The number of para-hydroxylation sites is 1. The Hall–Kier alpha value is -2.37. The highest BCUT2D eigenvalue weighted by Crippen LogP contribution is 2.58. The second kappa shape index (κ2) is 5.92. The van der Waals surface area contributed by atoms with Gasteiger partial charge in [0.05, 0.1) is 18.3 Å². The largest absolute Gasteiger partial charge is 0.481 e. The molecule has 0 spiro atoms. The van der Waals surface area contributed by atoms with Gasteiger partial charge in [0.2, 0.25) is 11.8 Å². The molecule has 0 aliphatic heterocycles. The molecule has 0 bridgehead atoms. The SMILES string of the molecule is CC1(C)[C@@H](C(=O)O)[C@@H]1C(=O)Nc1ccccc1CC(=O)NC1CC1. The number of benzene rings is 1. The molecular formula is C18H22N2O4. The molecule has 2 atom stereocenters. The Balaban J connectivity index is 1.68. The maximum atomic E-state index is 12.5. The van der Waals surface area contributed by atoms with E-state index in [9.17, 15) is 19.5 Å². The maximum Gasteiger partial charge on any atom is 0.307 e. The molecule has 0 saturated heterocycles. The number of carbonyl (C=O) groups excluding carboxylic acids is 2. The molecule has 2 aliphatic rings. The van der Waals surface area contributed by atoms with Crippen molar-refractivity contribution in [3.05, 3.63) is 29.8 Å². The summed E-state index contributed by atoms with van der Waals surface area (Å²) in [6, 6.07) is 7.43. The summed E-state index contributed by atoms with van der Waals surface area (Å²) in [5, 5.41) is 14.9. The van der Waals surface area contributed by atoms with Crippen molar-refractivity contribution in [1.82, 2.24) is 5.32 Å². The van der Waals surface area contributed by atoms with Crippen LogP contribution < -0.4 is 10.6 Å². The van der Waals surface area contributed by atoms with Crippen molar-refractivity contribution in [3.63, 3.8) is 0 Å². The Morgan fingerprint density at radius 2 is 1.83 bits per heavy atom. The van der Waals surface area contributed by atoms with E-state index in [0.29, 0.717) is 11.7 Å². The fourth-order valence-electron chi connectivity index (χ4n) is 3.27. The van der Waals surface area contributed by atoms with Gasteiger partial charge in [-0.25, -0.2) is 0 Å². The first-order chi connectivity index (χ1) is 11.3. The third-order valence-electron chi connectivity index (χ3n) is 4.94. The molecule has 6 nitrogen and oxygen atoms in total. The first-order valence-electron chi connectivity index (χ1n) is 8.21. The van der Waals surface area contributed by atoms with E-state index in [-0.39, 0.29) is 18.2 Å². The fraction of sp³-hybridized carbons (Fsp3) is 0.500. The summed E-state index contributed by atoms with van der Waals surface area (Å²) in [7, 11) is 0. The molecule has 24 heavy (non-hydrogen) atoms. The first-order valence-corrected chi connectivity index (χ1v) is 8.21. The molecule has 1 aromatic carbocycles. The molecule has 1 aromatic rings. The minimum atomic E-state index is -0.947. The Kier molecular flexibility index (Phi) is 4.07. The van der Waals surface area contributed by atoms with Gasteiger partial charge < -0.3 is 15.7 Å². The van der Waals surface area contributed by atoms with E-state index in [2.05, 4.69) is 10.6 Å². The summed E-state index contributed by atoms with van der Waals surface area (Å²) in [6.45, 7) is 3.57. The van der Waals surface area contributed by atoms with Gasteiger partial charge in [-0.05, 0) is 29.9 Å². The highest BCUT2D eigenvalue weighted by Gasteiger charge is 2.65. The number of rotatable bonds is 6. The van der Waals surface area contributed by atoms with E-state index in [4.69, 9.17) is 0 Å². The summed E-state index contributed by atoms with van der Waals surface area (Å²) in [5.74, 6) is -2.53. The Labute approximate surface area is 140 Å². The van der Waals surface area contributed by atoms with Gasteiger partial charge in [0, 0.05) is 11.7 Å². The van der Waals surface area contributed by atoms with E-state index < -0.39 is 23.2 Å². The normalized spacial score (nSPS) is 24.1. The zero-order chi connectivity index (χ0) is 17.5. The van der Waals surface area contributed by atoms with Crippen LogP contribution in [0.15, 0.2) is 24.3 Å². The minimum Gasteiger partial charge on any atom is -0.481 e. The van der Waals surface area contributed by atoms with E-state index in [1.807, 2.05) is 6.07 Å². The Morgan fingerprint density at radius 1 is 1.17 bits per heavy atom. The number of carboxylic acids is 1. The number of hydrogen-bond donors (Lipinski definition) is 3. The van der Waals surface area contributed by atoms with Crippen molar-refractivity contribution < 1.29 is 19.5 Å². The van der Waals surface area contributed by atoms with Gasteiger partial charge in [0.25, 0.3) is 0 Å². The molecule has 3 rings (SSSR count). The molecule has 2 saturated carbocycles. The lowest BCUT2D eigenvalue weighted by molar-refractivity contribution is -0.140. The van der Waals surface area contributed by atoms with Crippen LogP contribution in [0.5, 0.6) is 0 Å². The number of hydrogen-bond acceptors (Lipinski definition) is 3. The number of nitrogens with one attached hydrogen (secondary N) is 2. The van der Waals surface area contributed by atoms with Gasteiger partial charge in [-0.2, -0.15) is 0 Å². The van der Waals surface area contributed by atoms with Crippen molar-refractivity contribution in [2.75, 3.05) is 5.32 Å². The summed E-state index contributed by atoms with van der Waals surface area (Å²) in [5.41, 5.74) is 0.753. The fourth-order valence-corrected chi connectivity index (χ4v) is 3.27. The van der Waals surface area contributed by atoms with E-state index >= 15 is 0 Å². The second-order valence-corrected chi connectivity index (χ2v) is 7.28. The van der Waals surface area contributed by atoms with Crippen LogP contribution in [0.3, 0.4) is 0 Å². The molecule has 2 aliphatic carbocycles. The molecular weight excluding hydrogens is 308 g/mol. The van der Waals surface area contributed by atoms with Crippen molar-refractivity contribution in [3.8, 4) is 0 Å². The number of aliphatic carboxylic acids is 1. The van der Waals surface area contributed by atoms with Gasteiger partial charge in [0.1, 0.15) is 0 Å². The first kappa shape index (κ1) is 16.5. The van der Waals surface area contributed by atoms with Crippen molar-refractivity contribution in [2.45, 2.75) is 39.2 Å². The molecule has 0 aromatic heterocycles. The Morgan fingerprint density at radius 3 is 2.42 bits per heavy atom. The average Bonchev–Trinajstić information content (AvgIpc) is 3.38. The third-order valence-corrected chi connectivity index (χ3v) is 4.94. The third kappa shape index (κ3) is 3.27. The zero-order valence-electron chi connectivity index (χ0n) is 13.8. The monoisotopic (exact) mass is 330 g/mol. The van der Waals surface area contributed by atoms with Gasteiger partial charge in [-0.15, -0.1) is 0 Å². The Bertz CT molecular complexity index is 694. The van der Waals surface area contributed by atoms with Crippen LogP contribution in [0.25, 0.3) is 0 Å². The van der Waals surface area contributed by atoms with Crippen molar-refractivity contribution in [2.24, 2.45) is 17.3 Å². The van der Waals surface area contributed by atoms with Gasteiger partial charge in [-0.1, -0.05) is 32.0 Å². The minimum absolute atomic E-state index is 0.0608. The van der Waals surface area contributed by atoms with E-state index in [0.717, 1.165) is 18.4 Å². The summed E-state index contributed by atoms with van der Waals surface area (Å²) in [4.78, 5) is 35.7. The van der Waals surface area contributed by atoms with Crippen LogP contribution in [-0.2, 0) is 20.8 Å². The number of carbonyl (C=O) groups is 3. The van der Waals surface area contributed by atoms with Crippen molar-refractivity contribution >= 4 is 23.5 Å². The molecule has 0 radical (unpaired) electrons. The van der Waals surface area contributed by atoms with Crippen LogP contribution in [0.4, 0.5) is 5.69 Å². The van der Waals surface area contributed by atoms with Crippen molar-refractivity contribution in [1.29, 1.82) is 0 Å².